The van der Waals surface area contributed by atoms with E-state index in [0.717, 1.165) is 4.57 Å². The number of aromatic nitrogens is 2. The maximum atomic E-state index is 9.31. The molecule has 178 valence electrons. The van der Waals surface area contributed by atoms with Crippen LogP contribution >= 0.6 is 0 Å². The number of fused-ring (bicyclic) bond motifs is 6. The Labute approximate surface area is 248 Å². The molecule has 2 heterocycles. The molecule has 0 saturated carbocycles. The number of nitrogens with zero attached hydrogens (tertiary/aromatic N) is 2. The van der Waals surface area contributed by atoms with E-state index in [1.165, 1.54) is 28.8 Å². The molecule has 0 aliphatic carbocycles. The molecule has 8 aromatic rings. The van der Waals surface area contributed by atoms with Gasteiger partial charge in [0.25, 0.3) is 0 Å². The second kappa shape index (κ2) is 8.22. The van der Waals surface area contributed by atoms with Gasteiger partial charge in [0.1, 0.15) is 0 Å². The van der Waals surface area contributed by atoms with Crippen LogP contribution in [0.4, 0.5) is 0 Å². The third-order valence-electron chi connectivity index (χ3n) is 6.37. The second-order valence-corrected chi connectivity index (χ2v) is 8.34. The Hall–Kier alpha value is -5.08. The van der Waals surface area contributed by atoms with Crippen molar-refractivity contribution in [2.75, 3.05) is 0 Å². The summed E-state index contributed by atoms with van der Waals surface area (Å²) in [6.07, 6.45) is 0. The van der Waals surface area contributed by atoms with E-state index >= 15 is 0 Å². The minimum Gasteiger partial charge on any atom is -0.309 e. The van der Waals surface area contributed by atoms with E-state index in [9.17, 15) is 2.74 Å². The van der Waals surface area contributed by atoms with Crippen LogP contribution in [0.15, 0.2) is 145 Å². The summed E-state index contributed by atoms with van der Waals surface area (Å²) in [7, 11) is 0. The Morgan fingerprint density at radius 2 is 0.921 bits per heavy atom. The fraction of sp³-hybridized carbons (Fsp3) is 0. The molecule has 0 atom stereocenters. The average molecular weight is 505 g/mol. The fourth-order valence-corrected chi connectivity index (χ4v) is 4.80. The molecule has 0 bridgehead atoms. The Bertz CT molecular complexity index is 3110. The maximum absolute atomic E-state index is 9.31. The van der Waals surface area contributed by atoms with Gasteiger partial charge in [-0.3, -0.25) is 0 Å². The molecule has 0 spiro atoms. The zero-order valence-electron chi connectivity index (χ0n) is 39.2. The highest BCUT2D eigenvalue weighted by molar-refractivity contribution is 6.16. The van der Waals surface area contributed by atoms with Crippen molar-refractivity contribution in [2.45, 2.75) is 0 Å². The Kier molecular flexibility index (Phi) is 2.02. The van der Waals surface area contributed by atoms with Gasteiger partial charge in [-0.2, -0.15) is 0 Å². The van der Waals surface area contributed by atoms with Gasteiger partial charge in [0.15, 0.2) is 0 Å². The first-order chi connectivity index (χ1) is 27.2. The van der Waals surface area contributed by atoms with E-state index in [-0.39, 0.29) is 49.4 Å². The van der Waals surface area contributed by atoms with Crippen LogP contribution in [-0.4, -0.2) is 9.13 Å². The van der Waals surface area contributed by atoms with Crippen molar-refractivity contribution in [2.24, 2.45) is 0 Å². The van der Waals surface area contributed by atoms with Crippen LogP contribution in [0.1, 0.15) is 27.4 Å². The summed E-state index contributed by atoms with van der Waals surface area (Å²) in [5.74, 6) is 0. The van der Waals surface area contributed by atoms with E-state index in [4.69, 9.17) is 24.7 Å². The van der Waals surface area contributed by atoms with Crippen LogP contribution in [0.5, 0.6) is 0 Å². The summed E-state index contributed by atoms with van der Waals surface area (Å²) in [6.45, 7) is 0. The molecule has 2 nitrogen and oxygen atoms in total. The van der Waals surface area contributed by atoms with Crippen molar-refractivity contribution in [3.63, 3.8) is 0 Å². The van der Waals surface area contributed by atoms with Crippen molar-refractivity contribution >= 4 is 43.6 Å². The summed E-state index contributed by atoms with van der Waals surface area (Å²) in [5.41, 5.74) is -1.66. The van der Waals surface area contributed by atoms with Crippen LogP contribution in [0.2, 0.25) is 0 Å². The van der Waals surface area contributed by atoms with Crippen LogP contribution in [-0.2, 0) is 0 Å². The zero-order valence-corrected chi connectivity index (χ0v) is 19.2. The van der Waals surface area contributed by atoms with Crippen LogP contribution in [0.3, 0.4) is 0 Å². The number of rotatable bonds is 3. The van der Waals surface area contributed by atoms with Crippen molar-refractivity contribution in [3.8, 4) is 22.5 Å². The molecule has 6 aromatic carbocycles. The van der Waals surface area contributed by atoms with Gasteiger partial charge in [-0.15, -0.1) is 0 Å². The van der Waals surface area contributed by atoms with E-state index in [1.807, 2.05) is 0 Å². The molecule has 2 heteroatoms. The van der Waals surface area contributed by atoms with Gasteiger partial charge in [0.2, 0.25) is 0 Å². The van der Waals surface area contributed by atoms with E-state index in [0.29, 0.717) is 0 Å². The predicted molar refractivity (Wildman–Crippen MR) is 161 cm³/mol. The van der Waals surface area contributed by atoms with Crippen molar-refractivity contribution in [1.29, 1.82) is 0 Å². The molecule has 8 rings (SSSR count). The largest absolute Gasteiger partial charge is 0.309 e. The quantitative estimate of drug-likeness (QED) is 0.227. The molecule has 38 heavy (non-hydrogen) atoms. The molecule has 2 aromatic heterocycles. The Balaban J connectivity index is 1.63. The first kappa shape index (κ1) is 9.34. The number of benzene rings is 6. The molecule has 0 N–H and O–H groups in total. The zero-order chi connectivity index (χ0) is 42.5. The molecule has 0 aliphatic heterocycles. The van der Waals surface area contributed by atoms with Gasteiger partial charge >= 0.3 is 0 Å². The number of hydrogen-bond donors (Lipinski definition) is 0. The lowest BCUT2D eigenvalue weighted by Gasteiger charge is -2.12. The summed E-state index contributed by atoms with van der Waals surface area (Å²) < 4.78 is 176. The molecule has 0 radical (unpaired) electrons. The van der Waals surface area contributed by atoms with E-state index in [2.05, 4.69) is 0 Å². The maximum Gasteiger partial charge on any atom is 0.0645 e. The normalized spacial score (nSPS) is 19.1. The standard InChI is InChI=1S/C36H24N2/c1-2-11-25(12-3-1)26-21-23-27(24-22-26)37-33-18-9-6-15-30(33)36-34(37)19-10-20-35(36)38-31-16-7-4-13-28(31)29-14-5-8-17-32(29)38/h1-24H/i1D,2D,3D,4D,5D,6D,7D,8D,9D,10D,11D,12D,13D,14D,15D,16D,17D,18D,19D,20D. The lowest BCUT2D eigenvalue weighted by Crippen LogP contribution is -1.96. The lowest BCUT2D eigenvalue weighted by molar-refractivity contribution is 1.17. The van der Waals surface area contributed by atoms with Gasteiger partial charge in [-0.25, -0.2) is 0 Å². The monoisotopic (exact) mass is 504 g/mol. The predicted octanol–water partition coefficient (Wildman–Crippen LogP) is 9.55. The van der Waals surface area contributed by atoms with Crippen molar-refractivity contribution in [3.05, 3.63) is 145 Å². The van der Waals surface area contributed by atoms with Crippen molar-refractivity contribution in [1.82, 2.24) is 9.13 Å². The van der Waals surface area contributed by atoms with Gasteiger partial charge in [-0.05, 0) is 53.5 Å². The molecular weight excluding hydrogens is 460 g/mol. The molecule has 0 aliphatic rings. The van der Waals surface area contributed by atoms with Gasteiger partial charge in [0.05, 0.1) is 55.2 Å². The minimum absolute atomic E-state index is 0.101. The van der Waals surface area contributed by atoms with Gasteiger partial charge in [-0.1, -0.05) is 103 Å². The van der Waals surface area contributed by atoms with Crippen LogP contribution in [0.25, 0.3) is 66.1 Å². The third kappa shape index (κ3) is 3.01. The SMILES string of the molecule is [2H]c1c([2H])c([2H])c(-c2ccc(-n3c4c([2H])c([2H])c([2H])c([2H])c4c4c(-n5c6c([2H])c([2H])c([2H])c([2H])c6c6c([2H])c([2H])c([2H])c([2H])c65)c([2H])c([2H])c([2H])c43)cc2)c([2H])c1[2H]. The Morgan fingerprint density at radius 1 is 0.395 bits per heavy atom. The first-order valence-electron chi connectivity index (χ1n) is 21.4. The smallest absolute Gasteiger partial charge is 0.0645 e. The van der Waals surface area contributed by atoms with E-state index < -0.39 is 138 Å². The molecule has 0 fully saturated rings. The van der Waals surface area contributed by atoms with Crippen molar-refractivity contribution < 1.29 is 27.4 Å². The second-order valence-electron chi connectivity index (χ2n) is 8.34. The number of para-hydroxylation sites is 3. The third-order valence-corrected chi connectivity index (χ3v) is 6.37. The summed E-state index contributed by atoms with van der Waals surface area (Å²) >= 11 is 0. The highest BCUT2D eigenvalue weighted by Gasteiger charge is 2.19. The van der Waals surface area contributed by atoms with Gasteiger partial charge < -0.3 is 9.13 Å². The van der Waals surface area contributed by atoms with Crippen LogP contribution < -0.4 is 0 Å². The highest BCUT2D eigenvalue weighted by atomic mass is 15.0. The molecule has 0 saturated heterocycles. The number of hydrogen-bond acceptors (Lipinski definition) is 0. The van der Waals surface area contributed by atoms with E-state index in [1.54, 1.807) is 0 Å². The minimum atomic E-state index is -0.769. The highest BCUT2D eigenvalue weighted by Crippen LogP contribution is 2.39. The molecular formula is C36H24N2. The molecule has 0 unspecified atom stereocenters. The summed E-state index contributed by atoms with van der Waals surface area (Å²) in [4.78, 5) is 0. The Morgan fingerprint density at radius 3 is 1.58 bits per heavy atom. The average Bonchev–Trinajstić information content (AvgIpc) is 3.75. The summed E-state index contributed by atoms with van der Waals surface area (Å²) in [6, 6.07) is -7.67. The fourth-order valence-electron chi connectivity index (χ4n) is 4.80. The van der Waals surface area contributed by atoms with Crippen LogP contribution in [0, 0.1) is 0 Å². The topological polar surface area (TPSA) is 9.86 Å². The first-order valence-corrected chi connectivity index (χ1v) is 11.4. The van der Waals surface area contributed by atoms with Gasteiger partial charge in [0, 0.05) is 27.2 Å². The molecule has 0 amide bonds. The summed E-state index contributed by atoms with van der Waals surface area (Å²) in [5, 5.41) is -1.24. The lowest BCUT2D eigenvalue weighted by atomic mass is 10.1.